The molecule has 3 heterocycles. The molecule has 3 heteroatoms. The summed E-state index contributed by atoms with van der Waals surface area (Å²) in [5, 5.41) is 7.82. The molecule has 1 aliphatic carbocycles. The molecule has 0 bridgehead atoms. The summed E-state index contributed by atoms with van der Waals surface area (Å²) in [5.41, 5.74) is 10.1. The summed E-state index contributed by atoms with van der Waals surface area (Å²) in [4.78, 5) is 5.16. The average Bonchev–Trinajstić information content (AvgIpc) is 3.71. The molecule has 1 aliphatic rings. The van der Waals surface area contributed by atoms with Crippen molar-refractivity contribution in [2.45, 2.75) is 19.3 Å². The maximum atomic E-state index is 5.16. The van der Waals surface area contributed by atoms with E-state index in [4.69, 9.17) is 4.98 Å². The highest BCUT2D eigenvalue weighted by Crippen LogP contribution is 2.56. The van der Waals surface area contributed by atoms with E-state index in [0.717, 1.165) is 11.4 Å². The van der Waals surface area contributed by atoms with Gasteiger partial charge in [0, 0.05) is 53.5 Å². The molecule has 0 N–H and O–H groups in total. The molecule has 0 fully saturated rings. The molecule has 0 atom stereocenters. The van der Waals surface area contributed by atoms with Gasteiger partial charge in [-0.2, -0.15) is 0 Å². The molecule has 0 saturated carbocycles. The van der Waals surface area contributed by atoms with Gasteiger partial charge in [-0.25, -0.2) is 4.98 Å². The maximum Gasteiger partial charge on any atom is 0.137 e. The Bertz CT molecular complexity index is 2670. The van der Waals surface area contributed by atoms with Gasteiger partial charge in [0.05, 0.1) is 11.0 Å². The van der Waals surface area contributed by atoms with E-state index in [1.807, 2.05) is 17.5 Å². The normalized spacial score (nSPS) is 13.7. The van der Waals surface area contributed by atoms with E-state index in [1.165, 1.54) is 80.6 Å². The molecule has 6 aromatic carbocycles. The maximum absolute atomic E-state index is 5.16. The largest absolute Gasteiger partial charge is 0.293 e. The first-order chi connectivity index (χ1) is 22.1. The van der Waals surface area contributed by atoms with Gasteiger partial charge in [-0.1, -0.05) is 111 Å². The van der Waals surface area contributed by atoms with Crippen molar-refractivity contribution in [2.75, 3.05) is 0 Å². The van der Waals surface area contributed by atoms with Gasteiger partial charge in [0.1, 0.15) is 5.82 Å². The molecule has 0 saturated heterocycles. The molecule has 9 aromatic rings. The van der Waals surface area contributed by atoms with Crippen LogP contribution in [-0.2, 0) is 5.41 Å². The Labute approximate surface area is 264 Å². The van der Waals surface area contributed by atoms with Gasteiger partial charge in [-0.3, -0.25) is 4.57 Å². The van der Waals surface area contributed by atoms with Crippen LogP contribution in [0.1, 0.15) is 25.0 Å². The number of pyridine rings is 1. The molecule has 2 nitrogen and oxygen atoms in total. The molecular weight excluding hydrogens is 565 g/mol. The molecule has 45 heavy (non-hydrogen) atoms. The number of aromatic nitrogens is 2. The zero-order valence-corrected chi connectivity index (χ0v) is 25.8. The number of benzene rings is 6. The van der Waals surface area contributed by atoms with Gasteiger partial charge in [0.2, 0.25) is 0 Å². The summed E-state index contributed by atoms with van der Waals surface area (Å²) >= 11 is 1.86. The van der Waals surface area contributed by atoms with Crippen LogP contribution < -0.4 is 0 Å². The fourth-order valence-corrected chi connectivity index (χ4v) is 9.18. The Morgan fingerprint density at radius 3 is 2.13 bits per heavy atom. The second kappa shape index (κ2) is 8.90. The number of para-hydroxylation sites is 1. The lowest BCUT2D eigenvalue weighted by atomic mass is 9.79. The Hall–Kier alpha value is -5.25. The van der Waals surface area contributed by atoms with E-state index in [1.54, 1.807) is 0 Å². The van der Waals surface area contributed by atoms with Gasteiger partial charge in [0.25, 0.3) is 0 Å². The van der Waals surface area contributed by atoms with Gasteiger partial charge in [-0.05, 0) is 63.5 Å². The highest BCUT2D eigenvalue weighted by molar-refractivity contribution is 7.25. The van der Waals surface area contributed by atoms with E-state index in [2.05, 4.69) is 146 Å². The van der Waals surface area contributed by atoms with Crippen molar-refractivity contribution in [3.63, 3.8) is 0 Å². The van der Waals surface area contributed by atoms with Crippen molar-refractivity contribution in [3.8, 4) is 28.1 Å². The predicted molar refractivity (Wildman–Crippen MR) is 192 cm³/mol. The lowest BCUT2D eigenvalue weighted by Gasteiger charge is -2.23. The molecule has 0 amide bonds. The minimum Gasteiger partial charge on any atom is -0.293 e. The van der Waals surface area contributed by atoms with E-state index in [9.17, 15) is 0 Å². The van der Waals surface area contributed by atoms with Gasteiger partial charge >= 0.3 is 0 Å². The van der Waals surface area contributed by atoms with E-state index < -0.39 is 0 Å². The highest BCUT2D eigenvalue weighted by Gasteiger charge is 2.39. The lowest BCUT2D eigenvalue weighted by Crippen LogP contribution is -2.15. The molecule has 3 aromatic heterocycles. The van der Waals surface area contributed by atoms with Crippen LogP contribution in [0, 0.1) is 0 Å². The van der Waals surface area contributed by atoms with Crippen LogP contribution in [0.3, 0.4) is 0 Å². The first kappa shape index (κ1) is 25.1. The Balaban J connectivity index is 1.23. The van der Waals surface area contributed by atoms with Crippen molar-refractivity contribution in [3.05, 3.63) is 145 Å². The number of hydrogen-bond donors (Lipinski definition) is 0. The number of hydrogen-bond acceptors (Lipinski definition) is 2. The third kappa shape index (κ3) is 3.31. The zero-order chi connectivity index (χ0) is 29.9. The summed E-state index contributed by atoms with van der Waals surface area (Å²) in [6.07, 6.45) is 2.04. The number of fused-ring (bicyclic) bond motifs is 13. The highest BCUT2D eigenvalue weighted by atomic mass is 32.1. The van der Waals surface area contributed by atoms with E-state index in [0.29, 0.717) is 0 Å². The minimum atomic E-state index is -0.133. The van der Waals surface area contributed by atoms with Gasteiger partial charge in [0.15, 0.2) is 0 Å². The standard InChI is InChI=1S/C42H28N2S/c1-42(2)33-16-8-5-14-31(33)38-29-12-3-4-13-30(29)41-39(40(38)42)32-15-6-9-17-34(32)44(41)37-22-20-26(24-43-37)25-19-21-28-27-11-7-10-18-35(27)45-36(28)23-25/h3-24H,1-2H3. The van der Waals surface area contributed by atoms with Crippen molar-refractivity contribution < 1.29 is 0 Å². The summed E-state index contributed by atoms with van der Waals surface area (Å²) in [6, 6.07) is 46.6. The fourth-order valence-electron chi connectivity index (χ4n) is 8.03. The molecule has 0 aliphatic heterocycles. The van der Waals surface area contributed by atoms with Crippen LogP contribution in [0.15, 0.2) is 134 Å². The molecular formula is C42H28N2S. The van der Waals surface area contributed by atoms with Crippen LogP contribution in [0.25, 0.3) is 80.8 Å². The summed E-state index contributed by atoms with van der Waals surface area (Å²) in [6.45, 7) is 4.77. The average molecular weight is 593 g/mol. The Morgan fingerprint density at radius 2 is 1.29 bits per heavy atom. The third-order valence-corrected chi connectivity index (χ3v) is 11.1. The fraction of sp³-hybridized carbons (Fsp3) is 0.0714. The monoisotopic (exact) mass is 592 g/mol. The molecule has 212 valence electrons. The SMILES string of the molecule is CC1(C)c2ccccc2-c2c1c1c3ccccc3n(-c3ccc(-c4ccc5c(c4)sc4ccccc45)cn3)c1c1ccccc21. The Kier molecular flexibility index (Phi) is 4.97. The topological polar surface area (TPSA) is 17.8 Å². The first-order valence-electron chi connectivity index (χ1n) is 15.6. The quantitative estimate of drug-likeness (QED) is 0.195. The van der Waals surface area contributed by atoms with Crippen LogP contribution in [0.5, 0.6) is 0 Å². The molecule has 10 rings (SSSR count). The number of nitrogens with zero attached hydrogens (tertiary/aromatic N) is 2. The van der Waals surface area contributed by atoms with Crippen LogP contribution in [-0.4, -0.2) is 9.55 Å². The number of rotatable bonds is 2. The minimum absolute atomic E-state index is 0.133. The van der Waals surface area contributed by atoms with Crippen molar-refractivity contribution in [1.29, 1.82) is 0 Å². The van der Waals surface area contributed by atoms with Crippen molar-refractivity contribution in [1.82, 2.24) is 9.55 Å². The van der Waals surface area contributed by atoms with Crippen LogP contribution in [0.4, 0.5) is 0 Å². The Morgan fingerprint density at radius 1 is 0.600 bits per heavy atom. The van der Waals surface area contributed by atoms with Gasteiger partial charge < -0.3 is 0 Å². The van der Waals surface area contributed by atoms with Crippen LogP contribution >= 0.6 is 11.3 Å². The lowest BCUT2D eigenvalue weighted by molar-refractivity contribution is 0.667. The third-order valence-electron chi connectivity index (χ3n) is 10.0. The smallest absolute Gasteiger partial charge is 0.137 e. The summed E-state index contributed by atoms with van der Waals surface area (Å²) in [7, 11) is 0. The van der Waals surface area contributed by atoms with Gasteiger partial charge in [-0.15, -0.1) is 11.3 Å². The predicted octanol–water partition coefficient (Wildman–Crippen LogP) is 11.7. The molecule has 0 unspecified atom stereocenters. The zero-order valence-electron chi connectivity index (χ0n) is 25.0. The summed E-state index contributed by atoms with van der Waals surface area (Å²) in [5.74, 6) is 0.936. The summed E-state index contributed by atoms with van der Waals surface area (Å²) < 4.78 is 5.03. The van der Waals surface area contributed by atoms with E-state index in [-0.39, 0.29) is 5.41 Å². The van der Waals surface area contributed by atoms with Crippen molar-refractivity contribution >= 4 is 64.1 Å². The second-order valence-electron chi connectivity index (χ2n) is 12.8. The van der Waals surface area contributed by atoms with E-state index >= 15 is 0 Å². The molecule has 0 spiro atoms. The van der Waals surface area contributed by atoms with Crippen molar-refractivity contribution in [2.24, 2.45) is 0 Å². The number of thiophene rings is 1. The van der Waals surface area contributed by atoms with Crippen LogP contribution in [0.2, 0.25) is 0 Å². The first-order valence-corrected chi connectivity index (χ1v) is 16.4. The second-order valence-corrected chi connectivity index (χ2v) is 13.8. The molecule has 0 radical (unpaired) electrons.